The third-order valence-electron chi connectivity index (χ3n) is 8.25. The monoisotopic (exact) mass is 465 g/mol. The zero-order valence-electron chi connectivity index (χ0n) is 19.3. The largest absolute Gasteiger partial charge is 0.462 e. The van der Waals surface area contributed by atoms with E-state index in [0.717, 1.165) is 42.3 Å². The van der Waals surface area contributed by atoms with Crippen LogP contribution in [0.5, 0.6) is 5.19 Å². The fraction of sp³-hybridized carbons (Fsp3) is 0.519. The lowest BCUT2D eigenvalue weighted by molar-refractivity contribution is -0.145. The highest BCUT2D eigenvalue weighted by Gasteiger charge is 2.54. The molecule has 5 rings (SSSR count). The summed E-state index contributed by atoms with van der Waals surface area (Å²) in [5, 5.41) is 12.0. The van der Waals surface area contributed by atoms with Crippen LogP contribution < -0.4 is 4.74 Å². The molecule has 1 aromatic carbocycles. The first kappa shape index (κ1) is 22.5. The van der Waals surface area contributed by atoms with Crippen LogP contribution in [0.3, 0.4) is 0 Å². The number of allylic oxidation sites excluding steroid dienone is 4. The molecule has 1 N–H and O–H groups in total. The van der Waals surface area contributed by atoms with Gasteiger partial charge in [-0.3, -0.25) is 9.59 Å². The van der Waals surface area contributed by atoms with E-state index in [1.54, 1.807) is 12.2 Å². The number of nitrogens with zero attached hydrogens (tertiary/aromatic N) is 1. The lowest BCUT2D eigenvalue weighted by Crippen LogP contribution is -2.47. The van der Waals surface area contributed by atoms with E-state index in [1.165, 1.54) is 16.9 Å². The van der Waals surface area contributed by atoms with Crippen LogP contribution in [0.25, 0.3) is 10.2 Å². The molecule has 6 heteroatoms. The number of ketones is 2. The minimum absolute atomic E-state index is 0.0719. The summed E-state index contributed by atoms with van der Waals surface area (Å²) >= 11 is 1.42. The minimum atomic E-state index is -1.34. The van der Waals surface area contributed by atoms with Crippen molar-refractivity contribution >= 4 is 33.1 Å². The number of benzene rings is 1. The Morgan fingerprint density at radius 3 is 2.91 bits per heavy atom. The van der Waals surface area contributed by atoms with Crippen LogP contribution >= 0.6 is 11.3 Å². The molecule has 3 aliphatic rings. The number of aliphatic hydroxyl groups is 1. The number of carbonyl (C=O) groups is 2. The molecule has 0 radical (unpaired) electrons. The van der Waals surface area contributed by atoms with Crippen molar-refractivity contribution in [2.24, 2.45) is 23.2 Å². The van der Waals surface area contributed by atoms with Crippen molar-refractivity contribution in [3.8, 4) is 5.19 Å². The molecule has 0 bridgehead atoms. The molecule has 174 valence electrons. The molecular weight excluding hydrogens is 434 g/mol. The van der Waals surface area contributed by atoms with Gasteiger partial charge in [0.1, 0.15) is 5.60 Å². The maximum absolute atomic E-state index is 13.2. The topological polar surface area (TPSA) is 76.5 Å². The predicted octanol–water partition coefficient (Wildman–Crippen LogP) is 5.28. The van der Waals surface area contributed by atoms with Crippen LogP contribution in [0.2, 0.25) is 0 Å². The van der Waals surface area contributed by atoms with E-state index in [0.29, 0.717) is 23.5 Å². The minimum Gasteiger partial charge on any atom is -0.462 e. The van der Waals surface area contributed by atoms with Crippen molar-refractivity contribution in [1.82, 2.24) is 4.98 Å². The number of Topliss-reactive ketones (excluding diaryl/α,β-unsaturated/α-hetero) is 1. The molecular formula is C27H31NO4S. The summed E-state index contributed by atoms with van der Waals surface area (Å²) in [6.45, 7) is 4.14. The van der Waals surface area contributed by atoms with E-state index in [2.05, 4.69) is 24.9 Å². The summed E-state index contributed by atoms with van der Waals surface area (Å²) in [6.07, 6.45) is 10.6. The standard InChI is InChI=1S/C27H31NO4S/c1-3-21-20(17-8-9-18-14-19(29)10-12-26(18,2)15-17)11-13-27(21,31)24(30)16-32-25-28-22-6-4-5-7-23(22)33-25/h4-7,10,12,14,17,20-21,31H,3,8-9,11,13,15-16H2,1-2H3/t17?,20?,21?,26?,27-/m1/s1. The lowest BCUT2D eigenvalue weighted by Gasteiger charge is -2.44. The third-order valence-corrected chi connectivity index (χ3v) is 9.20. The molecule has 0 amide bonds. The molecule has 2 fully saturated rings. The predicted molar refractivity (Wildman–Crippen MR) is 129 cm³/mol. The van der Waals surface area contributed by atoms with Gasteiger partial charge in [0.25, 0.3) is 5.19 Å². The van der Waals surface area contributed by atoms with E-state index in [-0.39, 0.29) is 29.5 Å². The van der Waals surface area contributed by atoms with Gasteiger partial charge in [-0.2, -0.15) is 0 Å². The highest BCUT2D eigenvalue weighted by molar-refractivity contribution is 7.20. The maximum Gasteiger partial charge on any atom is 0.274 e. The van der Waals surface area contributed by atoms with Crippen LogP contribution in [0, 0.1) is 23.2 Å². The third kappa shape index (κ3) is 3.97. The summed E-state index contributed by atoms with van der Waals surface area (Å²) in [4.78, 5) is 29.5. The molecule has 2 aromatic rings. The molecule has 0 saturated heterocycles. The second-order valence-electron chi connectivity index (χ2n) is 10.1. The molecule has 5 atom stereocenters. The number of rotatable bonds is 6. The van der Waals surface area contributed by atoms with Crippen molar-refractivity contribution < 1.29 is 19.4 Å². The van der Waals surface area contributed by atoms with Crippen molar-refractivity contribution in [3.05, 3.63) is 48.1 Å². The number of ether oxygens (including phenoxy) is 1. The number of fused-ring (bicyclic) bond motifs is 2. The zero-order valence-corrected chi connectivity index (χ0v) is 20.1. The highest BCUT2D eigenvalue weighted by Crippen LogP contribution is 2.54. The van der Waals surface area contributed by atoms with Crippen LogP contribution in [-0.2, 0) is 9.59 Å². The van der Waals surface area contributed by atoms with Gasteiger partial charge in [-0.05, 0) is 80.6 Å². The smallest absolute Gasteiger partial charge is 0.274 e. The second-order valence-corrected chi connectivity index (χ2v) is 11.1. The molecule has 4 unspecified atom stereocenters. The summed E-state index contributed by atoms with van der Waals surface area (Å²) < 4.78 is 6.77. The van der Waals surface area contributed by atoms with E-state index in [9.17, 15) is 14.7 Å². The van der Waals surface area contributed by atoms with Crippen molar-refractivity contribution in [2.75, 3.05) is 6.61 Å². The number of para-hydroxylation sites is 1. The molecule has 0 spiro atoms. The van der Waals surface area contributed by atoms with E-state index < -0.39 is 5.60 Å². The molecule has 5 nitrogen and oxygen atoms in total. The number of hydrogen-bond donors (Lipinski definition) is 1. The summed E-state index contributed by atoms with van der Waals surface area (Å²) in [7, 11) is 0. The Labute approximate surface area is 198 Å². The maximum atomic E-state index is 13.2. The number of thiazole rings is 1. The number of hydrogen-bond acceptors (Lipinski definition) is 6. The Kier molecular flexibility index (Phi) is 5.78. The first-order chi connectivity index (χ1) is 15.8. The number of aromatic nitrogens is 1. The van der Waals surface area contributed by atoms with Gasteiger partial charge in [-0.15, -0.1) is 0 Å². The Balaban J connectivity index is 1.28. The summed E-state index contributed by atoms with van der Waals surface area (Å²) in [6, 6.07) is 7.78. The Morgan fingerprint density at radius 2 is 2.12 bits per heavy atom. The van der Waals surface area contributed by atoms with Gasteiger partial charge in [0.05, 0.1) is 10.2 Å². The highest BCUT2D eigenvalue weighted by atomic mass is 32.1. The second kappa shape index (κ2) is 8.48. The summed E-state index contributed by atoms with van der Waals surface area (Å²) in [5.41, 5.74) is 0.656. The normalized spacial score (nSPS) is 33.7. The number of carbonyl (C=O) groups excluding carboxylic acids is 2. The quantitative estimate of drug-likeness (QED) is 0.628. The average Bonchev–Trinajstić information content (AvgIpc) is 3.38. The molecule has 1 aromatic heterocycles. The van der Waals surface area contributed by atoms with Gasteiger partial charge in [0, 0.05) is 5.41 Å². The van der Waals surface area contributed by atoms with Crippen LogP contribution in [0.4, 0.5) is 0 Å². The van der Waals surface area contributed by atoms with E-state index in [4.69, 9.17) is 4.74 Å². The van der Waals surface area contributed by atoms with Crippen molar-refractivity contribution in [2.45, 2.75) is 58.0 Å². The van der Waals surface area contributed by atoms with Gasteiger partial charge in [0.2, 0.25) is 5.78 Å². The van der Waals surface area contributed by atoms with Gasteiger partial charge < -0.3 is 9.84 Å². The van der Waals surface area contributed by atoms with Crippen molar-refractivity contribution in [3.63, 3.8) is 0 Å². The molecule has 33 heavy (non-hydrogen) atoms. The fourth-order valence-corrected chi connectivity index (χ4v) is 7.33. The SMILES string of the molecule is CCC1C(C2CCC3=CC(=O)C=CC3(C)C2)CC[C@]1(O)C(=O)COc1nc2ccccc2s1. The average molecular weight is 466 g/mol. The van der Waals surface area contributed by atoms with Gasteiger partial charge in [0.15, 0.2) is 12.4 Å². The van der Waals surface area contributed by atoms with Crippen LogP contribution in [0.15, 0.2) is 48.1 Å². The lowest BCUT2D eigenvalue weighted by atomic mass is 9.61. The van der Waals surface area contributed by atoms with Gasteiger partial charge in [-0.25, -0.2) is 4.98 Å². The van der Waals surface area contributed by atoms with Crippen LogP contribution in [-0.4, -0.2) is 33.9 Å². The zero-order chi connectivity index (χ0) is 23.2. The van der Waals surface area contributed by atoms with Crippen molar-refractivity contribution in [1.29, 1.82) is 0 Å². The van der Waals surface area contributed by atoms with E-state index >= 15 is 0 Å². The van der Waals surface area contributed by atoms with Gasteiger partial charge in [-0.1, -0.05) is 49.0 Å². The van der Waals surface area contributed by atoms with Crippen LogP contribution in [0.1, 0.15) is 52.4 Å². The molecule has 3 aliphatic carbocycles. The Bertz CT molecular complexity index is 1120. The molecule has 0 aliphatic heterocycles. The van der Waals surface area contributed by atoms with E-state index in [1.807, 2.05) is 24.3 Å². The first-order valence-electron chi connectivity index (χ1n) is 12.0. The first-order valence-corrected chi connectivity index (χ1v) is 12.8. The van der Waals surface area contributed by atoms with Gasteiger partial charge >= 0.3 is 0 Å². The summed E-state index contributed by atoms with van der Waals surface area (Å²) in [5.74, 6) is 0.512. The molecule has 2 saturated carbocycles. The molecule has 1 heterocycles. The Hall–Kier alpha value is -2.31. The fourth-order valence-electron chi connectivity index (χ4n) is 6.51. The Morgan fingerprint density at radius 1 is 1.30 bits per heavy atom.